The van der Waals surface area contributed by atoms with Crippen LogP contribution in [-0.2, 0) is 0 Å². The minimum atomic E-state index is 0.610. The molecule has 0 aliphatic carbocycles. The molecule has 106 valence electrons. The summed E-state index contributed by atoms with van der Waals surface area (Å²) in [6.07, 6.45) is 0. The first-order chi connectivity index (χ1) is 10.3. The van der Waals surface area contributed by atoms with Gasteiger partial charge in [0.25, 0.3) is 0 Å². The van der Waals surface area contributed by atoms with Gasteiger partial charge >= 0.3 is 0 Å². The fraction of sp³-hybridized carbons (Fsp3) is 0.118. The minimum Gasteiger partial charge on any atom is -0.492 e. The predicted molar refractivity (Wildman–Crippen MR) is 88.6 cm³/mol. The zero-order valence-corrected chi connectivity index (χ0v) is 12.6. The van der Waals surface area contributed by atoms with Crippen molar-refractivity contribution in [2.75, 3.05) is 12.3 Å². The van der Waals surface area contributed by atoms with Crippen LogP contribution in [0.2, 0.25) is 0 Å². The Balaban J connectivity index is 1.91. The van der Waals surface area contributed by atoms with Gasteiger partial charge in [0.15, 0.2) is 0 Å². The van der Waals surface area contributed by atoms with Crippen molar-refractivity contribution in [1.82, 2.24) is 4.98 Å². The van der Waals surface area contributed by atoms with E-state index >= 15 is 0 Å². The first-order valence-corrected chi connectivity index (χ1v) is 7.69. The van der Waals surface area contributed by atoms with Crippen molar-refractivity contribution in [2.45, 2.75) is 6.92 Å². The maximum atomic E-state index is 6.01. The van der Waals surface area contributed by atoms with E-state index in [1.54, 1.807) is 11.3 Å². The van der Waals surface area contributed by atoms with Gasteiger partial charge in [-0.05, 0) is 25.1 Å². The summed E-state index contributed by atoms with van der Waals surface area (Å²) in [6.45, 7) is 2.55. The highest BCUT2D eigenvalue weighted by atomic mass is 32.1. The molecule has 3 aromatic rings. The molecule has 0 saturated carbocycles. The summed E-state index contributed by atoms with van der Waals surface area (Å²) < 4.78 is 5.46. The molecule has 0 spiro atoms. The maximum Gasteiger partial charge on any atom is 0.142 e. The number of aromatic nitrogens is 1. The number of hydrogen-bond acceptors (Lipinski definition) is 4. The Morgan fingerprint density at radius 3 is 2.62 bits per heavy atom. The van der Waals surface area contributed by atoms with Gasteiger partial charge in [0, 0.05) is 16.5 Å². The molecule has 3 nitrogen and oxygen atoms in total. The second-order valence-electron chi connectivity index (χ2n) is 4.59. The number of ether oxygens (including phenoxy) is 1. The fourth-order valence-electron chi connectivity index (χ4n) is 2.11. The maximum absolute atomic E-state index is 6.01. The molecule has 0 aliphatic rings. The monoisotopic (exact) mass is 296 g/mol. The van der Waals surface area contributed by atoms with Gasteiger partial charge in [-0.25, -0.2) is 4.98 Å². The Labute approximate surface area is 128 Å². The number of benzene rings is 2. The molecule has 0 unspecified atom stereocenters. The highest BCUT2D eigenvalue weighted by Gasteiger charge is 2.08. The summed E-state index contributed by atoms with van der Waals surface area (Å²) in [5, 5.41) is 3.07. The lowest BCUT2D eigenvalue weighted by atomic mass is 10.1. The Kier molecular flexibility index (Phi) is 3.88. The van der Waals surface area contributed by atoms with Crippen molar-refractivity contribution in [2.24, 2.45) is 0 Å². The number of nitrogens with zero attached hydrogens (tertiary/aromatic N) is 1. The average Bonchev–Trinajstić information content (AvgIpc) is 3.00. The van der Waals surface area contributed by atoms with Gasteiger partial charge in [0.05, 0.1) is 18.0 Å². The molecule has 0 radical (unpaired) electrons. The molecule has 0 aliphatic heterocycles. The zero-order valence-electron chi connectivity index (χ0n) is 11.7. The number of rotatable bonds is 4. The molecule has 0 bridgehead atoms. The molecular weight excluding hydrogens is 280 g/mol. The lowest BCUT2D eigenvalue weighted by Crippen LogP contribution is -1.96. The highest BCUT2D eigenvalue weighted by molar-refractivity contribution is 7.13. The molecular formula is C17H16N2OS. The van der Waals surface area contributed by atoms with Gasteiger partial charge < -0.3 is 10.5 Å². The molecule has 3 rings (SSSR count). The molecule has 2 N–H and O–H groups in total. The quantitative estimate of drug-likeness (QED) is 0.723. The van der Waals surface area contributed by atoms with Crippen LogP contribution in [0.1, 0.15) is 6.92 Å². The van der Waals surface area contributed by atoms with E-state index in [1.807, 2.05) is 43.3 Å². The van der Waals surface area contributed by atoms with E-state index in [0.717, 1.165) is 27.6 Å². The summed E-state index contributed by atoms with van der Waals surface area (Å²) in [5.74, 6) is 0.722. The summed E-state index contributed by atoms with van der Waals surface area (Å²) >= 11 is 1.63. The average molecular weight is 296 g/mol. The third-order valence-electron chi connectivity index (χ3n) is 3.13. The van der Waals surface area contributed by atoms with Crippen LogP contribution in [0.15, 0.2) is 53.9 Å². The SMILES string of the molecule is CCOc1ccc(-c2csc(-c3ccccc3)n2)cc1N. The smallest absolute Gasteiger partial charge is 0.142 e. The lowest BCUT2D eigenvalue weighted by Gasteiger charge is -2.07. The highest BCUT2D eigenvalue weighted by Crippen LogP contribution is 2.32. The Hall–Kier alpha value is -2.33. The van der Waals surface area contributed by atoms with Crippen LogP contribution in [0.4, 0.5) is 5.69 Å². The summed E-state index contributed by atoms with van der Waals surface area (Å²) in [7, 11) is 0. The molecule has 0 atom stereocenters. The molecule has 1 heterocycles. The number of thiazole rings is 1. The lowest BCUT2D eigenvalue weighted by molar-refractivity contribution is 0.342. The van der Waals surface area contributed by atoms with E-state index in [0.29, 0.717) is 12.3 Å². The van der Waals surface area contributed by atoms with E-state index in [2.05, 4.69) is 22.5 Å². The predicted octanol–water partition coefficient (Wildman–Crippen LogP) is 4.46. The number of nitrogen functional groups attached to an aromatic ring is 1. The standard InChI is InChI=1S/C17H16N2OS/c1-2-20-16-9-8-13(10-14(16)18)15-11-21-17(19-15)12-6-4-3-5-7-12/h3-11H,2,18H2,1H3. The van der Waals surface area contributed by atoms with E-state index in [4.69, 9.17) is 10.5 Å². The van der Waals surface area contributed by atoms with E-state index in [1.165, 1.54) is 0 Å². The topological polar surface area (TPSA) is 48.1 Å². The van der Waals surface area contributed by atoms with Gasteiger partial charge in [0.2, 0.25) is 0 Å². The Morgan fingerprint density at radius 2 is 1.90 bits per heavy atom. The van der Waals surface area contributed by atoms with Crippen LogP contribution in [0, 0.1) is 0 Å². The van der Waals surface area contributed by atoms with E-state index < -0.39 is 0 Å². The molecule has 21 heavy (non-hydrogen) atoms. The second kappa shape index (κ2) is 5.97. The van der Waals surface area contributed by atoms with Crippen molar-refractivity contribution in [3.8, 4) is 27.6 Å². The van der Waals surface area contributed by atoms with Crippen LogP contribution >= 0.6 is 11.3 Å². The third kappa shape index (κ3) is 2.90. The molecule has 2 aromatic carbocycles. The number of anilines is 1. The van der Waals surface area contributed by atoms with Crippen LogP contribution < -0.4 is 10.5 Å². The van der Waals surface area contributed by atoms with Crippen LogP contribution in [0.5, 0.6) is 5.75 Å². The number of hydrogen-bond donors (Lipinski definition) is 1. The summed E-state index contributed by atoms with van der Waals surface area (Å²) in [6, 6.07) is 16.0. The van der Waals surface area contributed by atoms with Crippen molar-refractivity contribution < 1.29 is 4.74 Å². The Morgan fingerprint density at radius 1 is 1.10 bits per heavy atom. The van der Waals surface area contributed by atoms with Gasteiger partial charge in [-0.15, -0.1) is 11.3 Å². The zero-order chi connectivity index (χ0) is 14.7. The van der Waals surface area contributed by atoms with Gasteiger partial charge in [-0.3, -0.25) is 0 Å². The third-order valence-corrected chi connectivity index (χ3v) is 4.02. The first-order valence-electron chi connectivity index (χ1n) is 6.81. The molecule has 1 aromatic heterocycles. The molecule has 0 amide bonds. The van der Waals surface area contributed by atoms with Crippen LogP contribution in [0.25, 0.3) is 21.8 Å². The molecule has 4 heteroatoms. The summed E-state index contributed by atoms with van der Waals surface area (Å²) in [5.41, 5.74) is 9.73. The molecule has 0 fully saturated rings. The van der Waals surface area contributed by atoms with Gasteiger partial charge in [-0.1, -0.05) is 30.3 Å². The van der Waals surface area contributed by atoms with Crippen molar-refractivity contribution in [3.63, 3.8) is 0 Å². The van der Waals surface area contributed by atoms with Crippen molar-refractivity contribution in [1.29, 1.82) is 0 Å². The number of nitrogens with two attached hydrogens (primary N) is 1. The van der Waals surface area contributed by atoms with Gasteiger partial charge in [-0.2, -0.15) is 0 Å². The Bertz CT molecular complexity index is 738. The normalized spacial score (nSPS) is 10.5. The van der Waals surface area contributed by atoms with Crippen LogP contribution in [-0.4, -0.2) is 11.6 Å². The van der Waals surface area contributed by atoms with Crippen molar-refractivity contribution >= 4 is 17.0 Å². The van der Waals surface area contributed by atoms with E-state index in [-0.39, 0.29) is 0 Å². The van der Waals surface area contributed by atoms with E-state index in [9.17, 15) is 0 Å². The second-order valence-corrected chi connectivity index (χ2v) is 5.45. The summed E-state index contributed by atoms with van der Waals surface area (Å²) in [4.78, 5) is 4.69. The van der Waals surface area contributed by atoms with Gasteiger partial charge in [0.1, 0.15) is 10.8 Å². The first kappa shape index (κ1) is 13.6. The molecule has 0 saturated heterocycles. The largest absolute Gasteiger partial charge is 0.492 e. The minimum absolute atomic E-state index is 0.610. The fourth-order valence-corrected chi connectivity index (χ4v) is 2.95. The van der Waals surface area contributed by atoms with Crippen LogP contribution in [0.3, 0.4) is 0 Å². The van der Waals surface area contributed by atoms with Crippen molar-refractivity contribution in [3.05, 3.63) is 53.9 Å².